The highest BCUT2D eigenvalue weighted by Crippen LogP contribution is 2.46. The molecule has 3 rings (SSSR count). The molecular formula is C36H51O3P. The van der Waals surface area contributed by atoms with Gasteiger partial charge in [-0.3, -0.25) is 0 Å². The molecule has 0 atom stereocenters. The van der Waals surface area contributed by atoms with Crippen LogP contribution in [0.25, 0.3) is 0 Å². The summed E-state index contributed by atoms with van der Waals surface area (Å²) >= 11 is 0. The topological polar surface area (TPSA) is 27.7 Å². The van der Waals surface area contributed by atoms with Crippen molar-refractivity contribution in [2.24, 2.45) is 17.8 Å². The summed E-state index contributed by atoms with van der Waals surface area (Å²) in [4.78, 5) is 0. The van der Waals surface area contributed by atoms with E-state index < -0.39 is 8.60 Å². The van der Waals surface area contributed by atoms with Crippen molar-refractivity contribution in [3.63, 3.8) is 0 Å². The Morgan fingerprint density at radius 3 is 0.925 bits per heavy atom. The van der Waals surface area contributed by atoms with E-state index in [1.165, 1.54) is 16.7 Å². The largest absolute Gasteiger partial charge is 0.530 e. The van der Waals surface area contributed by atoms with E-state index in [2.05, 4.69) is 96.1 Å². The van der Waals surface area contributed by atoms with Crippen molar-refractivity contribution in [3.8, 4) is 17.2 Å². The molecule has 0 bridgehead atoms. The van der Waals surface area contributed by atoms with Gasteiger partial charge in [-0.15, -0.1) is 0 Å². The standard InChI is InChI=1S/C36H51O3P/c1-7-28(8-2)25-31-19-13-16-22-34(31)37-40(38-35-23-17-14-20-32(35)26-29(9-3)10-4)39-36-24-18-15-21-33(36)27-30(11-5)12-6/h13-24,28-30H,7-12,25-27H2,1-6H3. The molecule has 3 aromatic carbocycles. The normalized spacial score (nSPS) is 11.6. The van der Waals surface area contributed by atoms with E-state index in [4.69, 9.17) is 13.6 Å². The van der Waals surface area contributed by atoms with Crippen LogP contribution in [0, 0.1) is 17.8 Å². The number of benzene rings is 3. The molecule has 3 aromatic rings. The Bertz CT molecular complexity index is 977. The highest BCUT2D eigenvalue weighted by atomic mass is 31.2. The lowest BCUT2D eigenvalue weighted by Crippen LogP contribution is -2.09. The summed E-state index contributed by atoms with van der Waals surface area (Å²) in [5.41, 5.74) is 3.64. The van der Waals surface area contributed by atoms with E-state index in [1.54, 1.807) is 0 Å². The first-order chi connectivity index (χ1) is 19.5. The lowest BCUT2D eigenvalue weighted by molar-refractivity contribution is 0.376. The minimum atomic E-state index is -1.74. The van der Waals surface area contributed by atoms with Crippen molar-refractivity contribution in [1.82, 2.24) is 0 Å². The number of hydrogen-bond acceptors (Lipinski definition) is 3. The van der Waals surface area contributed by atoms with Crippen molar-refractivity contribution in [3.05, 3.63) is 89.5 Å². The zero-order valence-corrected chi connectivity index (χ0v) is 26.6. The third-order valence-corrected chi connectivity index (χ3v) is 9.46. The molecule has 0 saturated heterocycles. The molecule has 0 aliphatic carbocycles. The van der Waals surface area contributed by atoms with E-state index in [1.807, 2.05) is 18.2 Å². The molecular weight excluding hydrogens is 511 g/mol. The van der Waals surface area contributed by atoms with Crippen LogP contribution in [0.1, 0.15) is 96.8 Å². The van der Waals surface area contributed by atoms with E-state index in [-0.39, 0.29) is 0 Å². The molecule has 0 aliphatic rings. The number of rotatable bonds is 18. The SMILES string of the molecule is CCC(CC)Cc1ccccc1OP(Oc1ccccc1CC(CC)CC)Oc1ccccc1CC(CC)CC. The van der Waals surface area contributed by atoms with E-state index >= 15 is 0 Å². The van der Waals surface area contributed by atoms with Gasteiger partial charge in [0.25, 0.3) is 0 Å². The van der Waals surface area contributed by atoms with Crippen molar-refractivity contribution in [2.75, 3.05) is 0 Å². The van der Waals surface area contributed by atoms with Gasteiger partial charge in [-0.05, 0) is 71.9 Å². The first-order valence-corrected chi connectivity index (χ1v) is 16.7. The molecule has 0 aromatic heterocycles. The van der Waals surface area contributed by atoms with Gasteiger partial charge in [0.1, 0.15) is 17.2 Å². The fourth-order valence-electron chi connectivity index (χ4n) is 5.25. The molecule has 0 amide bonds. The Morgan fingerprint density at radius 1 is 0.425 bits per heavy atom. The van der Waals surface area contributed by atoms with Gasteiger partial charge in [0.15, 0.2) is 0 Å². The molecule has 0 fully saturated rings. The maximum atomic E-state index is 6.69. The predicted molar refractivity (Wildman–Crippen MR) is 171 cm³/mol. The van der Waals surface area contributed by atoms with E-state index in [0.717, 1.165) is 75.0 Å². The second-order valence-electron chi connectivity index (χ2n) is 11.0. The lowest BCUT2D eigenvalue weighted by Gasteiger charge is -2.24. The third-order valence-electron chi connectivity index (χ3n) is 8.43. The zero-order chi connectivity index (χ0) is 28.7. The Kier molecular flexibility index (Phi) is 13.9. The van der Waals surface area contributed by atoms with E-state index in [9.17, 15) is 0 Å². The van der Waals surface area contributed by atoms with Crippen LogP contribution in [0.5, 0.6) is 17.2 Å². The monoisotopic (exact) mass is 562 g/mol. The zero-order valence-electron chi connectivity index (χ0n) is 25.7. The van der Waals surface area contributed by atoms with Crippen LogP contribution >= 0.6 is 8.60 Å². The second-order valence-corrected chi connectivity index (χ2v) is 12.0. The molecule has 40 heavy (non-hydrogen) atoms. The van der Waals surface area contributed by atoms with Gasteiger partial charge in [-0.2, -0.15) is 0 Å². The summed E-state index contributed by atoms with van der Waals surface area (Å²) in [6, 6.07) is 25.2. The van der Waals surface area contributed by atoms with Crippen LogP contribution in [-0.4, -0.2) is 0 Å². The summed E-state index contributed by atoms with van der Waals surface area (Å²) in [6.45, 7) is 13.6. The van der Waals surface area contributed by atoms with Gasteiger partial charge in [0.2, 0.25) is 0 Å². The molecule has 0 unspecified atom stereocenters. The van der Waals surface area contributed by atoms with Crippen molar-refractivity contribution in [1.29, 1.82) is 0 Å². The average Bonchev–Trinajstić information content (AvgIpc) is 2.99. The third kappa shape index (κ3) is 9.55. The van der Waals surface area contributed by atoms with Gasteiger partial charge < -0.3 is 13.6 Å². The summed E-state index contributed by atoms with van der Waals surface area (Å²) in [5.74, 6) is 4.44. The summed E-state index contributed by atoms with van der Waals surface area (Å²) < 4.78 is 20.1. The fraction of sp³-hybridized carbons (Fsp3) is 0.500. The minimum absolute atomic E-state index is 0.624. The molecule has 0 spiro atoms. The number of hydrogen-bond donors (Lipinski definition) is 0. The van der Waals surface area contributed by atoms with Crippen molar-refractivity contribution in [2.45, 2.75) is 99.3 Å². The maximum absolute atomic E-state index is 6.69. The van der Waals surface area contributed by atoms with E-state index in [0.29, 0.717) is 17.8 Å². The second kappa shape index (κ2) is 17.3. The summed E-state index contributed by atoms with van der Waals surface area (Å²) in [7, 11) is -1.74. The first-order valence-electron chi connectivity index (χ1n) is 15.6. The Labute approximate surface area is 245 Å². The van der Waals surface area contributed by atoms with Crippen LogP contribution in [-0.2, 0) is 19.3 Å². The molecule has 4 heteroatoms. The number of para-hydroxylation sites is 3. The molecule has 0 radical (unpaired) electrons. The first kappa shape index (κ1) is 32.0. The van der Waals surface area contributed by atoms with Crippen molar-refractivity contribution >= 4 is 8.60 Å². The highest BCUT2D eigenvalue weighted by Gasteiger charge is 2.25. The van der Waals surface area contributed by atoms with Gasteiger partial charge >= 0.3 is 8.60 Å². The smallest absolute Gasteiger partial charge is 0.408 e. The molecule has 218 valence electrons. The molecule has 0 heterocycles. The maximum Gasteiger partial charge on any atom is 0.530 e. The van der Waals surface area contributed by atoms with Gasteiger partial charge in [0, 0.05) is 0 Å². The van der Waals surface area contributed by atoms with Crippen LogP contribution in [0.3, 0.4) is 0 Å². The molecule has 0 saturated carbocycles. The Hall–Kier alpha value is -2.51. The Morgan fingerprint density at radius 2 is 0.675 bits per heavy atom. The molecule has 0 aliphatic heterocycles. The Balaban J connectivity index is 1.96. The highest BCUT2D eigenvalue weighted by molar-refractivity contribution is 7.43. The summed E-state index contributed by atoms with van der Waals surface area (Å²) in [5, 5.41) is 0. The van der Waals surface area contributed by atoms with Crippen molar-refractivity contribution < 1.29 is 13.6 Å². The van der Waals surface area contributed by atoms with Gasteiger partial charge in [-0.1, -0.05) is 135 Å². The molecule has 3 nitrogen and oxygen atoms in total. The van der Waals surface area contributed by atoms with Crippen LogP contribution in [0.2, 0.25) is 0 Å². The fourth-order valence-corrected chi connectivity index (χ4v) is 6.37. The molecule has 0 N–H and O–H groups in total. The lowest BCUT2D eigenvalue weighted by atomic mass is 9.94. The van der Waals surface area contributed by atoms with Crippen LogP contribution in [0.15, 0.2) is 72.8 Å². The minimum Gasteiger partial charge on any atom is -0.408 e. The summed E-state index contributed by atoms with van der Waals surface area (Å²) in [6.07, 6.45) is 9.88. The van der Waals surface area contributed by atoms with Crippen LogP contribution in [0.4, 0.5) is 0 Å². The van der Waals surface area contributed by atoms with Crippen LogP contribution < -0.4 is 13.6 Å². The van der Waals surface area contributed by atoms with Gasteiger partial charge in [0.05, 0.1) is 0 Å². The average molecular weight is 563 g/mol. The predicted octanol–water partition coefficient (Wildman–Crippen LogP) is 11.4. The quantitative estimate of drug-likeness (QED) is 0.144. The van der Waals surface area contributed by atoms with Gasteiger partial charge in [-0.25, -0.2) is 0 Å².